The summed E-state index contributed by atoms with van der Waals surface area (Å²) in [5.41, 5.74) is 1.36. The quantitative estimate of drug-likeness (QED) is 0.770. The highest BCUT2D eigenvalue weighted by Crippen LogP contribution is 2.39. The summed E-state index contributed by atoms with van der Waals surface area (Å²) in [4.78, 5) is 10.9. The number of carboxylic acid groups (broad SMARTS) is 1. The van der Waals surface area contributed by atoms with Crippen molar-refractivity contribution in [3.63, 3.8) is 0 Å². The van der Waals surface area contributed by atoms with Crippen LogP contribution in [0.5, 0.6) is 0 Å². The molecule has 0 aromatic heterocycles. The lowest BCUT2D eigenvalue weighted by molar-refractivity contribution is -0.137. The normalized spacial score (nSPS) is 17.8. The third-order valence-corrected chi connectivity index (χ3v) is 5.18. The molecule has 0 aliphatic carbocycles. The molecular weight excluding hydrogens is 294 g/mol. The maximum absolute atomic E-state index is 12.4. The molecule has 0 spiro atoms. The smallest absolute Gasteiger partial charge is 0.304 e. The SMILES string of the molecule is CCOCCS(=O)(=O)N1CC(CC(=O)O)c2ccccc21. The standard InChI is InChI=1S/C14H19NO5S/c1-2-20-7-8-21(18,19)15-10-11(9-14(16)17)12-5-3-4-6-13(12)15/h3-6,11H,2,7-10H2,1H3,(H,16,17). The molecule has 6 nitrogen and oxygen atoms in total. The summed E-state index contributed by atoms with van der Waals surface area (Å²) in [5.74, 6) is -1.33. The van der Waals surface area contributed by atoms with Gasteiger partial charge in [-0.2, -0.15) is 0 Å². The number of ether oxygens (including phenoxy) is 1. The van der Waals surface area contributed by atoms with Crippen molar-refractivity contribution in [1.82, 2.24) is 0 Å². The Morgan fingerprint density at radius 1 is 1.43 bits per heavy atom. The van der Waals surface area contributed by atoms with E-state index in [9.17, 15) is 13.2 Å². The Labute approximate surface area is 124 Å². The molecule has 0 bridgehead atoms. The van der Waals surface area contributed by atoms with Crippen molar-refractivity contribution in [2.24, 2.45) is 0 Å². The van der Waals surface area contributed by atoms with Gasteiger partial charge in [0.2, 0.25) is 10.0 Å². The number of anilines is 1. The highest BCUT2D eigenvalue weighted by atomic mass is 32.2. The monoisotopic (exact) mass is 313 g/mol. The lowest BCUT2D eigenvalue weighted by atomic mass is 9.98. The van der Waals surface area contributed by atoms with Gasteiger partial charge in [0.15, 0.2) is 0 Å². The topological polar surface area (TPSA) is 83.9 Å². The first-order valence-corrected chi connectivity index (χ1v) is 8.45. The Morgan fingerprint density at radius 2 is 2.14 bits per heavy atom. The van der Waals surface area contributed by atoms with Gasteiger partial charge in [0.05, 0.1) is 24.5 Å². The number of sulfonamides is 1. The van der Waals surface area contributed by atoms with Crippen LogP contribution in [0.15, 0.2) is 24.3 Å². The molecule has 2 rings (SSSR count). The van der Waals surface area contributed by atoms with Gasteiger partial charge in [-0.1, -0.05) is 18.2 Å². The molecular formula is C14H19NO5S. The average Bonchev–Trinajstić information content (AvgIpc) is 2.78. The lowest BCUT2D eigenvalue weighted by Gasteiger charge is -2.19. The van der Waals surface area contributed by atoms with Crippen LogP contribution in [-0.4, -0.2) is 45.0 Å². The molecule has 1 unspecified atom stereocenters. The van der Waals surface area contributed by atoms with Gasteiger partial charge >= 0.3 is 5.97 Å². The van der Waals surface area contributed by atoms with Crippen LogP contribution in [0.3, 0.4) is 0 Å². The van der Waals surface area contributed by atoms with E-state index in [1.807, 2.05) is 0 Å². The molecule has 0 radical (unpaired) electrons. The van der Waals surface area contributed by atoms with E-state index in [0.717, 1.165) is 5.56 Å². The molecule has 7 heteroatoms. The zero-order chi connectivity index (χ0) is 15.5. The maximum atomic E-state index is 12.4. The number of rotatable bonds is 7. The summed E-state index contributed by atoms with van der Waals surface area (Å²) in [6, 6.07) is 7.06. The Kier molecular flexibility index (Phi) is 4.84. The number of aliphatic carboxylic acids is 1. The maximum Gasteiger partial charge on any atom is 0.304 e. The van der Waals surface area contributed by atoms with E-state index >= 15 is 0 Å². The second-order valence-corrected chi connectivity index (χ2v) is 6.91. The molecule has 21 heavy (non-hydrogen) atoms. The highest BCUT2D eigenvalue weighted by Gasteiger charge is 2.36. The summed E-state index contributed by atoms with van der Waals surface area (Å²) >= 11 is 0. The van der Waals surface area contributed by atoms with Crippen LogP contribution in [-0.2, 0) is 19.6 Å². The zero-order valence-corrected chi connectivity index (χ0v) is 12.7. The van der Waals surface area contributed by atoms with E-state index in [2.05, 4.69) is 0 Å². The molecule has 0 fully saturated rings. The van der Waals surface area contributed by atoms with Gasteiger partial charge in [-0.05, 0) is 18.6 Å². The fourth-order valence-electron chi connectivity index (χ4n) is 2.52. The first-order valence-electron chi connectivity index (χ1n) is 6.84. The van der Waals surface area contributed by atoms with Crippen molar-refractivity contribution < 1.29 is 23.1 Å². The Hall–Kier alpha value is -1.60. The van der Waals surface area contributed by atoms with Crippen LogP contribution in [0.1, 0.15) is 24.8 Å². The van der Waals surface area contributed by atoms with Crippen molar-refractivity contribution in [3.8, 4) is 0 Å². The fourth-order valence-corrected chi connectivity index (χ4v) is 3.95. The average molecular weight is 313 g/mol. The number of benzene rings is 1. The van der Waals surface area contributed by atoms with Crippen molar-refractivity contribution >= 4 is 21.7 Å². The summed E-state index contributed by atoms with van der Waals surface area (Å²) < 4.78 is 31.2. The van der Waals surface area contributed by atoms with Crippen molar-refractivity contribution in [1.29, 1.82) is 0 Å². The van der Waals surface area contributed by atoms with E-state index in [4.69, 9.17) is 9.84 Å². The number of carbonyl (C=O) groups is 1. The van der Waals surface area contributed by atoms with E-state index < -0.39 is 16.0 Å². The van der Waals surface area contributed by atoms with Crippen LogP contribution in [0.4, 0.5) is 5.69 Å². The van der Waals surface area contributed by atoms with Gasteiger partial charge in [-0.15, -0.1) is 0 Å². The van der Waals surface area contributed by atoms with Gasteiger partial charge in [-0.25, -0.2) is 8.42 Å². The summed E-state index contributed by atoms with van der Waals surface area (Å²) in [6.07, 6.45) is -0.0749. The van der Waals surface area contributed by atoms with Crippen LogP contribution in [0.2, 0.25) is 0 Å². The van der Waals surface area contributed by atoms with Crippen LogP contribution in [0.25, 0.3) is 0 Å². The molecule has 1 aromatic rings. The lowest BCUT2D eigenvalue weighted by Crippen LogP contribution is -2.33. The van der Waals surface area contributed by atoms with E-state index in [0.29, 0.717) is 12.3 Å². The third-order valence-electron chi connectivity index (χ3n) is 3.48. The Morgan fingerprint density at radius 3 is 2.81 bits per heavy atom. The highest BCUT2D eigenvalue weighted by molar-refractivity contribution is 7.92. The van der Waals surface area contributed by atoms with Gasteiger partial charge < -0.3 is 9.84 Å². The van der Waals surface area contributed by atoms with Crippen LogP contribution >= 0.6 is 0 Å². The molecule has 0 saturated heterocycles. The number of fused-ring (bicyclic) bond motifs is 1. The van der Waals surface area contributed by atoms with Crippen molar-refractivity contribution in [2.45, 2.75) is 19.3 Å². The number of nitrogens with zero attached hydrogens (tertiary/aromatic N) is 1. The summed E-state index contributed by atoms with van der Waals surface area (Å²) in [5, 5.41) is 8.97. The molecule has 0 saturated carbocycles. The second kappa shape index (κ2) is 6.44. The van der Waals surface area contributed by atoms with Gasteiger partial charge in [0.1, 0.15) is 0 Å². The predicted octanol–water partition coefficient (Wildman–Crippen LogP) is 1.43. The zero-order valence-electron chi connectivity index (χ0n) is 11.9. The largest absolute Gasteiger partial charge is 0.481 e. The van der Waals surface area contributed by atoms with Crippen molar-refractivity contribution in [2.75, 3.05) is 29.8 Å². The minimum Gasteiger partial charge on any atom is -0.481 e. The molecule has 1 aromatic carbocycles. The first-order chi connectivity index (χ1) is 9.95. The van der Waals surface area contributed by atoms with Gasteiger partial charge in [0, 0.05) is 19.1 Å². The number of hydrogen-bond acceptors (Lipinski definition) is 4. The fraction of sp³-hybridized carbons (Fsp3) is 0.500. The van der Waals surface area contributed by atoms with Crippen LogP contribution < -0.4 is 4.31 Å². The van der Waals surface area contributed by atoms with Gasteiger partial charge in [-0.3, -0.25) is 9.10 Å². The van der Waals surface area contributed by atoms with Crippen LogP contribution in [0, 0.1) is 0 Å². The molecule has 1 aliphatic rings. The van der Waals surface area contributed by atoms with E-state index in [1.165, 1.54) is 4.31 Å². The molecule has 1 aliphatic heterocycles. The summed E-state index contributed by atoms with van der Waals surface area (Å²) in [6.45, 7) is 2.59. The van der Waals surface area contributed by atoms with Crippen molar-refractivity contribution in [3.05, 3.63) is 29.8 Å². The van der Waals surface area contributed by atoms with E-state index in [1.54, 1.807) is 31.2 Å². The number of para-hydroxylation sites is 1. The first kappa shape index (κ1) is 15.8. The second-order valence-electron chi connectivity index (χ2n) is 4.90. The minimum atomic E-state index is -3.50. The van der Waals surface area contributed by atoms with Gasteiger partial charge in [0.25, 0.3) is 0 Å². The minimum absolute atomic E-state index is 0.0749. The Bertz CT molecular complexity index is 614. The van der Waals surface area contributed by atoms with E-state index in [-0.39, 0.29) is 31.2 Å². The predicted molar refractivity (Wildman–Crippen MR) is 79.1 cm³/mol. The number of hydrogen-bond donors (Lipinski definition) is 1. The Balaban J connectivity index is 2.24. The number of carboxylic acids is 1. The molecule has 1 N–H and O–H groups in total. The molecule has 116 valence electrons. The third kappa shape index (κ3) is 3.54. The molecule has 1 atom stereocenters. The molecule has 1 heterocycles. The summed E-state index contributed by atoms with van der Waals surface area (Å²) in [7, 11) is -3.50. The molecule has 0 amide bonds.